The van der Waals surface area contributed by atoms with Crippen molar-refractivity contribution < 1.29 is 17.1 Å². The van der Waals surface area contributed by atoms with Crippen LogP contribution in [0.5, 0.6) is 11.5 Å². The van der Waals surface area contributed by atoms with Gasteiger partial charge in [-0.1, -0.05) is 121 Å². The lowest BCUT2D eigenvalue weighted by molar-refractivity contribution is 0.487. The third-order valence-corrected chi connectivity index (χ3v) is 6.99. The molecule has 1 aliphatic heterocycles. The molecule has 0 N–H and O–H groups in total. The molecule has 0 saturated heterocycles. The van der Waals surface area contributed by atoms with Gasteiger partial charge in [-0.25, -0.2) is 9.97 Å². The van der Waals surface area contributed by atoms with Crippen LogP contribution in [0.3, 0.4) is 0 Å². The van der Waals surface area contributed by atoms with Gasteiger partial charge in [0.1, 0.15) is 11.5 Å². The van der Waals surface area contributed by atoms with E-state index in [9.17, 15) is 1.37 Å². The van der Waals surface area contributed by atoms with Crippen molar-refractivity contribution in [1.29, 1.82) is 0 Å². The molecular formula is C38H24N2O. The molecule has 8 rings (SSSR count). The lowest BCUT2D eigenvalue weighted by atomic mass is 9.92. The Labute approximate surface area is 251 Å². The van der Waals surface area contributed by atoms with E-state index in [1.807, 2.05) is 78.9 Å². The monoisotopic (exact) mass is 533 g/mol. The highest BCUT2D eigenvalue weighted by Crippen LogP contribution is 2.47. The molecule has 0 atom stereocenters. The summed E-state index contributed by atoms with van der Waals surface area (Å²) in [6.45, 7) is 0. The summed E-state index contributed by atoms with van der Waals surface area (Å²) in [5.74, 6) is 0.0775. The second-order valence-corrected chi connectivity index (χ2v) is 9.53. The summed E-state index contributed by atoms with van der Waals surface area (Å²) < 4.78 is 84.2. The van der Waals surface area contributed by atoms with Crippen molar-refractivity contribution in [3.8, 4) is 67.7 Å². The van der Waals surface area contributed by atoms with E-state index in [0.717, 1.165) is 22.4 Å². The normalized spacial score (nSPS) is 14.7. The molecule has 0 unspecified atom stereocenters. The number of rotatable bonds is 4. The summed E-state index contributed by atoms with van der Waals surface area (Å²) in [6, 6.07) is 24.6. The molecular weight excluding hydrogens is 500 g/mol. The van der Waals surface area contributed by atoms with Crippen LogP contribution in [-0.4, -0.2) is 9.97 Å². The van der Waals surface area contributed by atoms with Crippen molar-refractivity contribution in [2.75, 3.05) is 0 Å². The Morgan fingerprint density at radius 2 is 1.15 bits per heavy atom. The summed E-state index contributed by atoms with van der Waals surface area (Å²) in [4.78, 5) is 9.70. The van der Waals surface area contributed by atoms with Crippen LogP contribution in [0.25, 0.3) is 66.9 Å². The Bertz CT molecular complexity index is 2480. The van der Waals surface area contributed by atoms with Gasteiger partial charge in [0.2, 0.25) is 0 Å². The van der Waals surface area contributed by atoms with Gasteiger partial charge in [0.15, 0.2) is 5.82 Å². The van der Waals surface area contributed by atoms with Crippen LogP contribution in [0.4, 0.5) is 0 Å². The summed E-state index contributed by atoms with van der Waals surface area (Å²) in [5.41, 5.74) is 4.40. The van der Waals surface area contributed by atoms with E-state index >= 15 is 0 Å². The highest BCUT2D eigenvalue weighted by atomic mass is 16.5. The van der Waals surface area contributed by atoms with Crippen LogP contribution < -0.4 is 4.74 Å². The first-order chi connectivity index (χ1) is 24.1. The lowest BCUT2D eigenvalue weighted by Crippen LogP contribution is -1.97. The van der Waals surface area contributed by atoms with Gasteiger partial charge >= 0.3 is 0 Å². The first-order valence-corrected chi connectivity index (χ1v) is 13.0. The van der Waals surface area contributed by atoms with Gasteiger partial charge in [0.25, 0.3) is 0 Å². The Hall–Kier alpha value is -5.54. The van der Waals surface area contributed by atoms with Crippen LogP contribution in [-0.2, 0) is 0 Å². The zero-order valence-corrected chi connectivity index (χ0v) is 21.5. The second kappa shape index (κ2) is 9.58. The van der Waals surface area contributed by atoms with E-state index in [-0.39, 0.29) is 51.0 Å². The van der Waals surface area contributed by atoms with Crippen LogP contribution in [0.2, 0.25) is 0 Å². The van der Waals surface area contributed by atoms with Crippen LogP contribution in [0.15, 0.2) is 145 Å². The maximum Gasteiger partial charge on any atom is 0.160 e. The zero-order chi connectivity index (χ0) is 35.0. The molecule has 41 heavy (non-hydrogen) atoms. The van der Waals surface area contributed by atoms with E-state index < -0.39 is 42.3 Å². The standard InChI is InChI=1S/C38H24N2O/c1-3-9-26(10-4-1)33-24-34(40-38(39-33)29-11-5-2-6-12-29)27-19-17-25(18-20-27)30-21-22-35-32(23-30)31-15-7-13-28-14-8-16-36(41-35)37(28)31/h1-24H/i7D,8D,13D,14D,15D,16D,21D,22D,23D. The highest BCUT2D eigenvalue weighted by Gasteiger charge is 2.20. The summed E-state index contributed by atoms with van der Waals surface area (Å²) in [6.07, 6.45) is 0. The number of ether oxygens (including phenoxy) is 1. The van der Waals surface area contributed by atoms with Gasteiger partial charge < -0.3 is 4.74 Å². The average Bonchev–Trinajstić information content (AvgIpc) is 3.15. The molecule has 1 aliphatic rings. The van der Waals surface area contributed by atoms with Crippen LogP contribution in [0, 0.1) is 0 Å². The zero-order valence-electron chi connectivity index (χ0n) is 30.5. The quantitative estimate of drug-likeness (QED) is 0.226. The third kappa shape index (κ3) is 4.16. The predicted molar refractivity (Wildman–Crippen MR) is 167 cm³/mol. The fourth-order valence-corrected chi connectivity index (χ4v) is 4.97. The molecule has 6 aromatic carbocycles. The highest BCUT2D eigenvalue weighted by molar-refractivity contribution is 6.04. The number of fused-ring (bicyclic) bond motifs is 2. The molecule has 0 spiro atoms. The maximum absolute atomic E-state index is 9.31. The summed E-state index contributed by atoms with van der Waals surface area (Å²) in [7, 11) is 0. The predicted octanol–water partition coefficient (Wildman–Crippen LogP) is 10.1. The minimum absolute atomic E-state index is 0.00799. The fourth-order valence-electron chi connectivity index (χ4n) is 4.97. The fraction of sp³-hybridized carbons (Fsp3) is 0. The molecule has 3 heteroatoms. The molecule has 192 valence electrons. The summed E-state index contributed by atoms with van der Waals surface area (Å²) >= 11 is 0. The van der Waals surface area contributed by atoms with Gasteiger partial charge in [0, 0.05) is 27.6 Å². The Kier molecular flexibility index (Phi) is 3.72. The number of aromatic nitrogens is 2. The second-order valence-electron chi connectivity index (χ2n) is 9.53. The van der Waals surface area contributed by atoms with Gasteiger partial charge in [0.05, 0.1) is 23.7 Å². The molecule has 3 nitrogen and oxygen atoms in total. The molecule has 0 amide bonds. The van der Waals surface area contributed by atoms with Crippen molar-refractivity contribution in [3.05, 3.63) is 145 Å². The smallest absolute Gasteiger partial charge is 0.160 e. The first kappa shape index (κ1) is 15.9. The van der Waals surface area contributed by atoms with E-state index in [2.05, 4.69) is 0 Å². The van der Waals surface area contributed by atoms with Crippen molar-refractivity contribution in [2.24, 2.45) is 0 Å². The number of benzene rings is 6. The number of hydrogen-bond acceptors (Lipinski definition) is 3. The van der Waals surface area contributed by atoms with Crippen molar-refractivity contribution >= 4 is 10.8 Å². The third-order valence-electron chi connectivity index (χ3n) is 6.99. The average molecular weight is 534 g/mol. The Morgan fingerprint density at radius 1 is 0.512 bits per heavy atom. The lowest BCUT2D eigenvalue weighted by Gasteiger charge is -2.22. The Morgan fingerprint density at radius 3 is 1.88 bits per heavy atom. The molecule has 0 bridgehead atoms. The van der Waals surface area contributed by atoms with E-state index in [1.54, 1.807) is 12.1 Å². The first-order valence-electron chi connectivity index (χ1n) is 17.5. The molecule has 2 heterocycles. The molecule has 0 aliphatic carbocycles. The topological polar surface area (TPSA) is 35.0 Å². The largest absolute Gasteiger partial charge is 0.456 e. The minimum atomic E-state index is -0.525. The van der Waals surface area contributed by atoms with E-state index in [1.165, 1.54) is 0 Å². The molecule has 1 aromatic heterocycles. The van der Waals surface area contributed by atoms with Gasteiger partial charge in [-0.3, -0.25) is 0 Å². The van der Waals surface area contributed by atoms with E-state index in [4.69, 9.17) is 25.7 Å². The molecule has 0 fully saturated rings. The van der Waals surface area contributed by atoms with Gasteiger partial charge in [-0.15, -0.1) is 0 Å². The molecule has 0 radical (unpaired) electrons. The number of nitrogens with zero attached hydrogens (tertiary/aromatic N) is 2. The van der Waals surface area contributed by atoms with Crippen molar-refractivity contribution in [2.45, 2.75) is 0 Å². The van der Waals surface area contributed by atoms with Crippen molar-refractivity contribution in [3.63, 3.8) is 0 Å². The van der Waals surface area contributed by atoms with Crippen molar-refractivity contribution in [1.82, 2.24) is 9.97 Å². The summed E-state index contributed by atoms with van der Waals surface area (Å²) in [5, 5.41) is -0.127. The number of hydrogen-bond donors (Lipinski definition) is 0. The maximum atomic E-state index is 9.31. The molecule has 0 saturated carbocycles. The SMILES string of the molecule is [2H]c1c([2H])c(-c2ccc(-c3cc(-c4ccccc4)nc(-c4ccccc4)n3)cc2)c([2H])c2c1Oc1c([2H])c([2H])c([2H])c3c([2H])c([2H])c([2H])c-2c13. The van der Waals surface area contributed by atoms with Crippen LogP contribution in [0.1, 0.15) is 12.3 Å². The van der Waals surface area contributed by atoms with E-state index in [0.29, 0.717) is 17.1 Å². The molecule has 7 aromatic rings. The van der Waals surface area contributed by atoms with Crippen LogP contribution >= 0.6 is 0 Å². The Balaban J connectivity index is 1.30. The minimum Gasteiger partial charge on any atom is -0.456 e. The van der Waals surface area contributed by atoms with Gasteiger partial charge in [-0.2, -0.15) is 0 Å². The van der Waals surface area contributed by atoms with Gasteiger partial charge in [-0.05, 0) is 46.3 Å².